The summed E-state index contributed by atoms with van der Waals surface area (Å²) in [5.74, 6) is 0.108. The van der Waals surface area contributed by atoms with Gasteiger partial charge in [0.25, 0.3) is 11.8 Å². The highest BCUT2D eigenvalue weighted by atomic mass is 32.2. The third kappa shape index (κ3) is 3.22. The maximum absolute atomic E-state index is 13.2. The van der Waals surface area contributed by atoms with Crippen molar-refractivity contribution in [3.63, 3.8) is 0 Å². The first-order valence-corrected chi connectivity index (χ1v) is 10.1. The van der Waals surface area contributed by atoms with E-state index in [-0.39, 0.29) is 11.8 Å². The summed E-state index contributed by atoms with van der Waals surface area (Å²) in [6, 6.07) is 17.4. The van der Waals surface area contributed by atoms with Crippen molar-refractivity contribution in [2.24, 2.45) is 0 Å². The minimum Gasteiger partial charge on any atom is -0.268 e. The first-order valence-electron chi connectivity index (χ1n) is 9.10. The molecule has 2 heterocycles. The predicted octanol–water partition coefficient (Wildman–Crippen LogP) is 5.10. The van der Waals surface area contributed by atoms with Crippen molar-refractivity contribution in [2.75, 3.05) is 4.90 Å². The van der Waals surface area contributed by atoms with Crippen molar-refractivity contribution in [1.82, 2.24) is 4.98 Å². The Hall–Kier alpha value is -2.92. The molecule has 1 aromatic heterocycles. The summed E-state index contributed by atoms with van der Waals surface area (Å²) in [5, 5.41) is 0.614. The summed E-state index contributed by atoms with van der Waals surface area (Å²) in [5.41, 5.74) is 5.50. The molecule has 140 valence electrons. The number of aryl methyl sites for hydroxylation is 3. The van der Waals surface area contributed by atoms with Crippen molar-refractivity contribution in [3.05, 3.63) is 88.1 Å². The number of imide groups is 1. The van der Waals surface area contributed by atoms with Gasteiger partial charge in [0.05, 0.1) is 16.8 Å². The van der Waals surface area contributed by atoms with Gasteiger partial charge in [0.2, 0.25) is 0 Å². The molecule has 0 unspecified atom stereocenters. The van der Waals surface area contributed by atoms with Crippen LogP contribution in [0.5, 0.6) is 0 Å². The highest BCUT2D eigenvalue weighted by molar-refractivity contribution is 7.98. The van der Waals surface area contributed by atoms with Gasteiger partial charge in [-0.25, -0.2) is 9.88 Å². The zero-order valence-electron chi connectivity index (χ0n) is 16.0. The summed E-state index contributed by atoms with van der Waals surface area (Å²) in [7, 11) is 0. The molecule has 0 N–H and O–H groups in total. The van der Waals surface area contributed by atoms with E-state index in [0.717, 1.165) is 22.4 Å². The fraction of sp³-hybridized carbons (Fsp3) is 0.174. The average Bonchev–Trinajstić information content (AvgIpc) is 2.93. The Morgan fingerprint density at radius 1 is 0.893 bits per heavy atom. The van der Waals surface area contributed by atoms with Crippen LogP contribution in [-0.4, -0.2) is 16.8 Å². The number of benzene rings is 2. The Kier molecular flexibility index (Phi) is 4.77. The zero-order valence-corrected chi connectivity index (χ0v) is 16.8. The van der Waals surface area contributed by atoms with Gasteiger partial charge >= 0.3 is 0 Å². The number of anilines is 1. The van der Waals surface area contributed by atoms with Crippen LogP contribution in [0.25, 0.3) is 0 Å². The molecule has 0 bridgehead atoms. The van der Waals surface area contributed by atoms with Gasteiger partial charge in [0, 0.05) is 11.4 Å². The number of carbonyl (C=O) groups is 2. The highest BCUT2D eigenvalue weighted by Crippen LogP contribution is 2.35. The van der Waals surface area contributed by atoms with E-state index in [1.54, 1.807) is 6.07 Å². The lowest BCUT2D eigenvalue weighted by molar-refractivity contribution is 0.0925. The van der Waals surface area contributed by atoms with Gasteiger partial charge in [0.15, 0.2) is 0 Å². The molecule has 1 aliphatic rings. The molecule has 4 nitrogen and oxygen atoms in total. The number of hydrogen-bond donors (Lipinski definition) is 0. The molecule has 0 fully saturated rings. The fourth-order valence-corrected chi connectivity index (χ4v) is 4.32. The van der Waals surface area contributed by atoms with E-state index < -0.39 is 0 Å². The monoisotopic (exact) mass is 388 g/mol. The van der Waals surface area contributed by atoms with Crippen LogP contribution in [-0.2, 0) is 5.75 Å². The van der Waals surface area contributed by atoms with Crippen molar-refractivity contribution in [3.8, 4) is 0 Å². The molecule has 0 saturated heterocycles. The quantitative estimate of drug-likeness (QED) is 0.461. The molecule has 0 atom stereocenters. The van der Waals surface area contributed by atoms with E-state index in [2.05, 4.69) is 4.98 Å². The number of carbonyl (C=O) groups excluding carboxylic acids is 2. The molecule has 0 spiro atoms. The molecule has 4 rings (SSSR count). The molecule has 28 heavy (non-hydrogen) atoms. The zero-order chi connectivity index (χ0) is 19.8. The minimum absolute atomic E-state index is 0.282. The topological polar surface area (TPSA) is 50.3 Å². The Morgan fingerprint density at radius 3 is 2.36 bits per heavy atom. The molecule has 2 aromatic carbocycles. The Morgan fingerprint density at radius 2 is 1.64 bits per heavy atom. The largest absolute Gasteiger partial charge is 0.268 e. The molecule has 0 saturated carbocycles. The lowest BCUT2D eigenvalue weighted by Gasteiger charge is -2.15. The maximum Gasteiger partial charge on any atom is 0.268 e. The van der Waals surface area contributed by atoms with E-state index in [9.17, 15) is 9.59 Å². The Labute approximate surface area is 168 Å². The first-order chi connectivity index (χ1) is 13.5. The number of amides is 2. The van der Waals surface area contributed by atoms with Gasteiger partial charge in [-0.2, -0.15) is 0 Å². The molecular formula is C23H20N2O2S. The average molecular weight is 388 g/mol. The number of pyridine rings is 1. The van der Waals surface area contributed by atoms with E-state index in [1.165, 1.54) is 16.7 Å². The third-order valence-corrected chi connectivity index (χ3v) is 5.98. The second-order valence-corrected chi connectivity index (χ2v) is 7.94. The number of nitrogens with zero attached hydrogens (tertiary/aromatic N) is 2. The van der Waals surface area contributed by atoms with E-state index >= 15 is 0 Å². The highest BCUT2D eigenvalue weighted by Gasteiger charge is 2.39. The summed E-state index contributed by atoms with van der Waals surface area (Å²) >= 11 is 1.49. The van der Waals surface area contributed by atoms with Gasteiger partial charge in [-0.15, -0.1) is 11.8 Å². The summed E-state index contributed by atoms with van der Waals surface area (Å²) in [6.45, 7) is 5.83. The Bertz CT molecular complexity index is 1090. The van der Waals surface area contributed by atoms with E-state index in [1.807, 2.05) is 69.3 Å². The van der Waals surface area contributed by atoms with Gasteiger partial charge in [-0.05, 0) is 55.7 Å². The lowest BCUT2D eigenvalue weighted by Crippen LogP contribution is -2.29. The lowest BCUT2D eigenvalue weighted by atomic mass is 10.1. The van der Waals surface area contributed by atoms with Crippen LogP contribution in [0.2, 0.25) is 0 Å². The van der Waals surface area contributed by atoms with Crippen LogP contribution in [0.1, 0.15) is 43.1 Å². The normalized spacial score (nSPS) is 13.2. The van der Waals surface area contributed by atoms with Gasteiger partial charge in [-0.3, -0.25) is 9.59 Å². The summed E-state index contributed by atoms with van der Waals surface area (Å²) < 4.78 is 0. The van der Waals surface area contributed by atoms with Crippen LogP contribution < -0.4 is 4.90 Å². The van der Waals surface area contributed by atoms with Gasteiger partial charge in [-0.1, -0.05) is 36.4 Å². The van der Waals surface area contributed by atoms with Crippen molar-refractivity contribution in [1.29, 1.82) is 0 Å². The van der Waals surface area contributed by atoms with Gasteiger partial charge in [0.1, 0.15) is 5.03 Å². The Balaban J connectivity index is 1.72. The van der Waals surface area contributed by atoms with E-state index in [4.69, 9.17) is 0 Å². The van der Waals surface area contributed by atoms with Crippen LogP contribution in [0.3, 0.4) is 0 Å². The SMILES string of the molecule is Cc1cc2c(c(SCc3ccccc3)n1)C(=O)N(c1ccc(C)c(C)c1)C2=O. The van der Waals surface area contributed by atoms with Gasteiger partial charge < -0.3 is 0 Å². The van der Waals surface area contributed by atoms with Crippen molar-refractivity contribution < 1.29 is 9.59 Å². The first kappa shape index (κ1) is 18.4. The van der Waals surface area contributed by atoms with Crippen LogP contribution in [0.15, 0.2) is 59.6 Å². The molecule has 0 aliphatic carbocycles. The standard InChI is InChI=1S/C23H20N2O2S/c1-14-9-10-18(11-15(14)2)25-22(26)19-12-16(3)24-21(20(19)23(25)27)28-13-17-7-5-4-6-8-17/h4-12H,13H2,1-3H3. The molecular weight excluding hydrogens is 368 g/mol. The minimum atomic E-state index is -0.300. The smallest absolute Gasteiger partial charge is 0.268 e. The predicted molar refractivity (Wildman–Crippen MR) is 112 cm³/mol. The van der Waals surface area contributed by atoms with E-state index in [0.29, 0.717) is 27.6 Å². The number of aromatic nitrogens is 1. The van der Waals surface area contributed by atoms with Crippen LogP contribution in [0, 0.1) is 20.8 Å². The number of hydrogen-bond acceptors (Lipinski definition) is 4. The second kappa shape index (κ2) is 7.24. The fourth-order valence-electron chi connectivity index (χ4n) is 3.27. The second-order valence-electron chi connectivity index (χ2n) is 6.98. The summed E-state index contributed by atoms with van der Waals surface area (Å²) in [6.07, 6.45) is 0. The molecule has 1 aliphatic heterocycles. The number of fused-ring (bicyclic) bond motifs is 1. The third-order valence-electron chi connectivity index (χ3n) is 4.93. The number of thioether (sulfide) groups is 1. The van der Waals surface area contributed by atoms with Crippen LogP contribution in [0.4, 0.5) is 5.69 Å². The van der Waals surface area contributed by atoms with Crippen molar-refractivity contribution >= 4 is 29.3 Å². The maximum atomic E-state index is 13.2. The molecule has 3 aromatic rings. The molecule has 2 amide bonds. The molecule has 0 radical (unpaired) electrons. The van der Waals surface area contributed by atoms with Crippen molar-refractivity contribution in [2.45, 2.75) is 31.6 Å². The molecule has 5 heteroatoms. The number of rotatable bonds is 4. The summed E-state index contributed by atoms with van der Waals surface area (Å²) in [4.78, 5) is 32.1. The van der Waals surface area contributed by atoms with Crippen LogP contribution >= 0.6 is 11.8 Å².